The Bertz CT molecular complexity index is 631. The van der Waals surface area contributed by atoms with E-state index in [1.54, 1.807) is 14.0 Å². The average molecular weight is 270 g/mol. The molecule has 3 nitrogen and oxygen atoms in total. The molecule has 0 saturated heterocycles. The summed E-state index contributed by atoms with van der Waals surface area (Å²) >= 11 is 0. The number of ether oxygens (including phenoxy) is 2. The Kier molecular flexibility index (Phi) is 4.53. The zero-order valence-corrected chi connectivity index (χ0v) is 11.8. The lowest BCUT2D eigenvalue weighted by atomic mass is 10.0. The van der Waals surface area contributed by atoms with Crippen molar-refractivity contribution < 1.29 is 14.3 Å². The number of carbonyl (C=O) groups is 1. The molecule has 0 aliphatic rings. The zero-order chi connectivity index (χ0) is 14.5. The van der Waals surface area contributed by atoms with Crippen molar-refractivity contribution in [3.8, 4) is 0 Å². The first-order valence-electron chi connectivity index (χ1n) is 6.46. The van der Waals surface area contributed by atoms with Crippen LogP contribution >= 0.6 is 0 Å². The fourth-order valence-electron chi connectivity index (χ4n) is 1.99. The van der Waals surface area contributed by atoms with Gasteiger partial charge in [0.25, 0.3) is 0 Å². The van der Waals surface area contributed by atoms with Crippen LogP contribution in [0.1, 0.15) is 18.6 Å². The second kappa shape index (κ2) is 6.35. The second-order valence-electron chi connectivity index (χ2n) is 4.74. The fourth-order valence-corrected chi connectivity index (χ4v) is 1.99. The molecular weight excluding hydrogens is 252 g/mol. The van der Waals surface area contributed by atoms with Crippen molar-refractivity contribution >= 4 is 16.7 Å². The van der Waals surface area contributed by atoms with Crippen molar-refractivity contribution in [2.24, 2.45) is 0 Å². The van der Waals surface area contributed by atoms with Crippen LogP contribution in [0.5, 0.6) is 0 Å². The summed E-state index contributed by atoms with van der Waals surface area (Å²) in [5.41, 5.74) is 1.30. The standard InChI is InChI=1S/C17H18O3/c1-12(2)17(18)20-16(11-19-3)15-9-8-13-6-4-5-7-14(13)10-15/h4-10,16H,1,11H2,2-3H3. The summed E-state index contributed by atoms with van der Waals surface area (Å²) in [5.74, 6) is -0.403. The van der Waals surface area contributed by atoms with E-state index in [0.717, 1.165) is 16.3 Å². The molecule has 104 valence electrons. The molecule has 0 N–H and O–H groups in total. The number of methoxy groups -OCH3 is 1. The van der Waals surface area contributed by atoms with E-state index < -0.39 is 12.1 Å². The minimum atomic E-state index is -0.422. The van der Waals surface area contributed by atoms with E-state index in [1.807, 2.05) is 42.5 Å². The molecule has 0 heterocycles. The number of carbonyl (C=O) groups excluding carboxylic acids is 1. The minimum Gasteiger partial charge on any atom is -0.452 e. The highest BCUT2D eigenvalue weighted by molar-refractivity contribution is 5.87. The molecule has 0 spiro atoms. The van der Waals surface area contributed by atoms with Gasteiger partial charge in [0.2, 0.25) is 0 Å². The molecular formula is C17H18O3. The van der Waals surface area contributed by atoms with Gasteiger partial charge in [0, 0.05) is 12.7 Å². The highest BCUT2D eigenvalue weighted by Gasteiger charge is 2.17. The smallest absolute Gasteiger partial charge is 0.333 e. The van der Waals surface area contributed by atoms with Gasteiger partial charge in [0.1, 0.15) is 0 Å². The Morgan fingerprint density at radius 2 is 1.90 bits per heavy atom. The topological polar surface area (TPSA) is 35.5 Å². The molecule has 1 unspecified atom stereocenters. The van der Waals surface area contributed by atoms with E-state index in [0.29, 0.717) is 12.2 Å². The van der Waals surface area contributed by atoms with Crippen LogP contribution in [-0.4, -0.2) is 19.7 Å². The molecule has 0 radical (unpaired) electrons. The van der Waals surface area contributed by atoms with Gasteiger partial charge < -0.3 is 9.47 Å². The fraction of sp³-hybridized carbons (Fsp3) is 0.235. The van der Waals surface area contributed by atoms with E-state index in [4.69, 9.17) is 9.47 Å². The van der Waals surface area contributed by atoms with Gasteiger partial charge in [0.05, 0.1) is 6.61 Å². The molecule has 1 atom stereocenters. The first-order chi connectivity index (χ1) is 9.61. The largest absolute Gasteiger partial charge is 0.452 e. The van der Waals surface area contributed by atoms with E-state index in [-0.39, 0.29) is 0 Å². The Balaban J connectivity index is 2.30. The van der Waals surface area contributed by atoms with Gasteiger partial charge in [-0.05, 0) is 29.3 Å². The molecule has 20 heavy (non-hydrogen) atoms. The van der Waals surface area contributed by atoms with Crippen LogP contribution in [0.3, 0.4) is 0 Å². The summed E-state index contributed by atoms with van der Waals surface area (Å²) in [7, 11) is 1.59. The average Bonchev–Trinajstić information content (AvgIpc) is 2.46. The maximum absolute atomic E-state index is 11.7. The van der Waals surface area contributed by atoms with Gasteiger partial charge in [-0.2, -0.15) is 0 Å². The van der Waals surface area contributed by atoms with E-state index in [9.17, 15) is 4.79 Å². The number of fused-ring (bicyclic) bond motifs is 1. The maximum Gasteiger partial charge on any atom is 0.333 e. The highest BCUT2D eigenvalue weighted by atomic mass is 16.6. The van der Waals surface area contributed by atoms with Crippen molar-refractivity contribution in [3.63, 3.8) is 0 Å². The molecule has 2 aromatic rings. The van der Waals surface area contributed by atoms with Crippen LogP contribution in [0, 0.1) is 0 Å². The normalized spacial score (nSPS) is 12.1. The summed E-state index contributed by atoms with van der Waals surface area (Å²) in [6.07, 6.45) is -0.422. The third-order valence-corrected chi connectivity index (χ3v) is 3.06. The molecule has 0 saturated carbocycles. The third kappa shape index (κ3) is 3.25. The van der Waals surface area contributed by atoms with Crippen molar-refractivity contribution in [1.82, 2.24) is 0 Å². The molecule has 0 fully saturated rings. The van der Waals surface area contributed by atoms with E-state index >= 15 is 0 Å². The molecule has 2 rings (SSSR count). The van der Waals surface area contributed by atoms with E-state index in [2.05, 4.69) is 6.58 Å². The monoisotopic (exact) mass is 270 g/mol. The predicted octanol–water partition coefficient (Wildman–Crippen LogP) is 3.65. The third-order valence-electron chi connectivity index (χ3n) is 3.06. The van der Waals surface area contributed by atoms with Gasteiger partial charge in [-0.25, -0.2) is 4.79 Å². The van der Waals surface area contributed by atoms with Crippen LogP contribution < -0.4 is 0 Å². The molecule has 0 amide bonds. The quantitative estimate of drug-likeness (QED) is 0.614. The summed E-state index contributed by atoms with van der Waals surface area (Å²) in [4.78, 5) is 11.7. The van der Waals surface area contributed by atoms with Gasteiger partial charge in [-0.15, -0.1) is 0 Å². The lowest BCUT2D eigenvalue weighted by Gasteiger charge is -2.18. The maximum atomic E-state index is 11.7. The minimum absolute atomic E-state index is 0.317. The summed E-state index contributed by atoms with van der Waals surface area (Å²) in [6.45, 7) is 5.54. The van der Waals surface area contributed by atoms with Gasteiger partial charge in [-0.3, -0.25) is 0 Å². The lowest BCUT2D eigenvalue weighted by molar-refractivity contribution is -0.147. The first kappa shape index (κ1) is 14.3. The van der Waals surface area contributed by atoms with Crippen LogP contribution in [0.25, 0.3) is 10.8 Å². The van der Waals surface area contributed by atoms with Gasteiger partial charge in [0.15, 0.2) is 6.10 Å². The number of hydrogen-bond donors (Lipinski definition) is 0. The molecule has 0 aliphatic heterocycles. The Hall–Kier alpha value is -2.13. The molecule has 0 aromatic heterocycles. The SMILES string of the molecule is C=C(C)C(=O)OC(COC)c1ccc2ccccc2c1. The van der Waals surface area contributed by atoms with Crippen LogP contribution in [-0.2, 0) is 14.3 Å². The highest BCUT2D eigenvalue weighted by Crippen LogP contribution is 2.24. The van der Waals surface area contributed by atoms with Crippen molar-refractivity contribution in [2.45, 2.75) is 13.0 Å². The Morgan fingerprint density at radius 1 is 1.20 bits per heavy atom. The number of hydrogen-bond acceptors (Lipinski definition) is 3. The molecule has 0 bridgehead atoms. The number of rotatable bonds is 5. The summed E-state index contributed by atoms with van der Waals surface area (Å²) in [6, 6.07) is 14.0. The number of benzene rings is 2. The summed E-state index contributed by atoms with van der Waals surface area (Å²) < 4.78 is 10.6. The first-order valence-corrected chi connectivity index (χ1v) is 6.46. The van der Waals surface area contributed by atoms with Crippen molar-refractivity contribution in [3.05, 3.63) is 60.2 Å². The predicted molar refractivity (Wildman–Crippen MR) is 79.5 cm³/mol. The zero-order valence-electron chi connectivity index (χ0n) is 11.8. The second-order valence-corrected chi connectivity index (χ2v) is 4.74. The van der Waals surface area contributed by atoms with Gasteiger partial charge in [-0.1, -0.05) is 43.0 Å². The Labute approximate surface area is 118 Å². The molecule has 2 aromatic carbocycles. The Morgan fingerprint density at radius 3 is 2.55 bits per heavy atom. The summed E-state index contributed by atoms with van der Waals surface area (Å²) in [5, 5.41) is 2.26. The van der Waals surface area contributed by atoms with E-state index in [1.165, 1.54) is 0 Å². The van der Waals surface area contributed by atoms with Crippen molar-refractivity contribution in [1.29, 1.82) is 0 Å². The molecule has 0 aliphatic carbocycles. The van der Waals surface area contributed by atoms with Crippen LogP contribution in [0.2, 0.25) is 0 Å². The lowest BCUT2D eigenvalue weighted by Crippen LogP contribution is -2.16. The van der Waals surface area contributed by atoms with Crippen LogP contribution in [0.15, 0.2) is 54.6 Å². The van der Waals surface area contributed by atoms with Crippen LogP contribution in [0.4, 0.5) is 0 Å². The van der Waals surface area contributed by atoms with Gasteiger partial charge >= 0.3 is 5.97 Å². The molecule has 3 heteroatoms. The number of esters is 1. The van der Waals surface area contributed by atoms with Crippen molar-refractivity contribution in [2.75, 3.05) is 13.7 Å².